The van der Waals surface area contributed by atoms with Crippen molar-refractivity contribution in [3.63, 3.8) is 0 Å². The van der Waals surface area contributed by atoms with Crippen molar-refractivity contribution >= 4 is 29.6 Å². The lowest BCUT2D eigenvalue weighted by atomic mass is 9.92. The summed E-state index contributed by atoms with van der Waals surface area (Å²) in [6.07, 6.45) is -5.80. The molecule has 1 saturated heterocycles. The quantitative estimate of drug-likeness (QED) is 0.0366. The number of aliphatic hydroxyl groups is 3. The minimum atomic E-state index is -1.98. The number of rotatable bonds is 22. The molecule has 0 aromatic heterocycles. The fraction of sp³-hybridized carbons (Fsp3) is 0.581. The molecule has 48 heavy (non-hydrogen) atoms. The highest BCUT2D eigenvalue weighted by molar-refractivity contribution is 6.01. The molecule has 1 aliphatic heterocycles. The van der Waals surface area contributed by atoms with E-state index >= 15 is 0 Å². The Morgan fingerprint density at radius 2 is 1.62 bits per heavy atom. The molecule has 2 rings (SSSR count). The normalized spacial score (nSPS) is 21.0. The smallest absolute Gasteiger partial charge is 0.335 e. The van der Waals surface area contributed by atoms with Gasteiger partial charge in [-0.3, -0.25) is 19.2 Å². The maximum Gasteiger partial charge on any atom is 0.335 e. The molecule has 266 valence electrons. The van der Waals surface area contributed by atoms with E-state index in [-0.39, 0.29) is 57.3 Å². The van der Waals surface area contributed by atoms with Crippen LogP contribution in [0.1, 0.15) is 42.1 Å². The van der Waals surface area contributed by atoms with Crippen LogP contribution in [0.4, 0.5) is 0 Å². The molecule has 1 fully saturated rings. The Hall–Kier alpha value is -4.15. The summed E-state index contributed by atoms with van der Waals surface area (Å²) in [4.78, 5) is 60.8. The van der Waals surface area contributed by atoms with Gasteiger partial charge in [-0.2, -0.15) is 0 Å². The Kier molecular flexibility index (Phi) is 17.5. The predicted molar refractivity (Wildman–Crippen MR) is 160 cm³/mol. The van der Waals surface area contributed by atoms with Gasteiger partial charge in [-0.1, -0.05) is 12.0 Å². The Balaban J connectivity index is 2.14. The first-order valence-electron chi connectivity index (χ1n) is 14.9. The first-order valence-corrected chi connectivity index (χ1v) is 14.9. The highest BCUT2D eigenvalue weighted by Gasteiger charge is 2.48. The molecule has 6 atom stereocenters. The number of hydrogen-bond acceptors (Lipinski definition) is 14. The lowest BCUT2D eigenvalue weighted by molar-refractivity contribution is -0.271. The van der Waals surface area contributed by atoms with Crippen molar-refractivity contribution < 1.29 is 77.9 Å². The number of esters is 1. The minimum Gasteiger partial charge on any atom is -0.481 e. The number of carbonyl (C=O) groups excluding carboxylic acids is 3. The second kappa shape index (κ2) is 21.0. The van der Waals surface area contributed by atoms with Crippen molar-refractivity contribution in [1.29, 1.82) is 0 Å². The van der Waals surface area contributed by atoms with Crippen molar-refractivity contribution in [1.82, 2.24) is 5.32 Å². The average molecular weight is 684 g/mol. The third-order valence-corrected chi connectivity index (χ3v) is 6.83. The summed E-state index contributed by atoms with van der Waals surface area (Å²) in [7, 11) is 0. The largest absolute Gasteiger partial charge is 0.481 e. The summed E-state index contributed by atoms with van der Waals surface area (Å²) in [5.74, 6) is -3.85. The molecule has 1 amide bonds. The molecular formula is C31H41NO16. The number of Topliss-reactive ketones (excluding diaryl/α,β-unsaturated/α-hetero) is 1. The first kappa shape index (κ1) is 40.0. The van der Waals surface area contributed by atoms with E-state index in [9.17, 15) is 49.5 Å². The molecule has 0 aliphatic carbocycles. The molecule has 6 N–H and O–H groups in total. The zero-order valence-electron chi connectivity index (χ0n) is 26.3. The van der Waals surface area contributed by atoms with Crippen LogP contribution in [0.3, 0.4) is 0 Å². The van der Waals surface area contributed by atoms with E-state index < -0.39 is 79.1 Å². The van der Waals surface area contributed by atoms with Gasteiger partial charge in [0.15, 0.2) is 11.9 Å². The number of ether oxygens (including phenoxy) is 6. The number of aliphatic hydroxyl groups excluding tert-OH is 3. The van der Waals surface area contributed by atoms with Crippen LogP contribution in [0, 0.1) is 18.3 Å². The van der Waals surface area contributed by atoms with Gasteiger partial charge < -0.3 is 59.3 Å². The molecule has 17 nitrogen and oxygen atoms in total. The molecule has 0 radical (unpaired) electrons. The fourth-order valence-electron chi connectivity index (χ4n) is 4.37. The van der Waals surface area contributed by atoms with Crippen LogP contribution in [-0.4, -0.2) is 132 Å². The first-order chi connectivity index (χ1) is 22.8. The van der Waals surface area contributed by atoms with Gasteiger partial charge in [0.25, 0.3) is 0 Å². The second-order valence-electron chi connectivity index (χ2n) is 10.5. The van der Waals surface area contributed by atoms with Gasteiger partial charge in [0.1, 0.15) is 37.3 Å². The summed E-state index contributed by atoms with van der Waals surface area (Å²) in [6, 6.07) is 3.92. The lowest BCUT2D eigenvalue weighted by Crippen LogP contribution is -2.61. The minimum absolute atomic E-state index is 0.0456. The number of aliphatic carboxylic acids is 2. The van der Waals surface area contributed by atoms with Gasteiger partial charge >= 0.3 is 17.9 Å². The summed E-state index contributed by atoms with van der Waals surface area (Å²) >= 11 is 0. The summed E-state index contributed by atoms with van der Waals surface area (Å²) in [5.41, 5.74) is 0.113. The topological polar surface area (TPSA) is 254 Å². The van der Waals surface area contributed by atoms with Crippen molar-refractivity contribution in [2.24, 2.45) is 5.92 Å². The molecule has 0 spiro atoms. The molecule has 0 bridgehead atoms. The Morgan fingerprint density at radius 1 is 0.958 bits per heavy atom. The number of ketones is 1. The number of carboxylic acid groups (broad SMARTS) is 2. The Labute approximate surface area is 276 Å². The van der Waals surface area contributed by atoms with E-state index in [1.807, 2.05) is 0 Å². The van der Waals surface area contributed by atoms with Crippen molar-refractivity contribution in [2.75, 3.05) is 46.2 Å². The van der Waals surface area contributed by atoms with Gasteiger partial charge in [-0.05, 0) is 24.1 Å². The van der Waals surface area contributed by atoms with Gasteiger partial charge in [0.2, 0.25) is 12.2 Å². The third-order valence-electron chi connectivity index (χ3n) is 6.83. The van der Waals surface area contributed by atoms with E-state index in [2.05, 4.69) is 11.2 Å². The maximum absolute atomic E-state index is 13.6. The van der Waals surface area contributed by atoms with Crippen molar-refractivity contribution in [3.05, 3.63) is 29.3 Å². The fourth-order valence-corrected chi connectivity index (χ4v) is 4.37. The van der Waals surface area contributed by atoms with Gasteiger partial charge in [-0.15, -0.1) is 6.42 Å². The number of benzene rings is 1. The molecule has 1 aliphatic rings. The molecule has 1 aromatic carbocycles. The number of carboxylic acids is 2. The summed E-state index contributed by atoms with van der Waals surface area (Å²) in [5, 5.41) is 51.7. The van der Waals surface area contributed by atoms with Crippen LogP contribution >= 0.6 is 0 Å². The van der Waals surface area contributed by atoms with Gasteiger partial charge in [-0.25, -0.2) is 4.79 Å². The standard InChI is InChI=1S/C31H41NO16/c1-3-9-43-11-13-45-14-12-44-10-8-32-29(40)20(5-7-24(35)36)16-22(34)21-15-19(17-46-18(2)33)4-6-23(21)47-31-27(39)25(37)26(38)28(48-31)30(41)42/h1,4,6,15,20,25-28,31,37-39H,5,7-14,16-17H2,2H3,(H,32,40)(H,35,36)(H,41,42)/t20-,25-,26-,27+,28-,31+/m0/s1. The van der Waals surface area contributed by atoms with Crippen molar-refractivity contribution in [3.8, 4) is 18.1 Å². The second-order valence-corrected chi connectivity index (χ2v) is 10.5. The van der Waals surface area contributed by atoms with Crippen LogP contribution < -0.4 is 10.1 Å². The molecule has 17 heteroatoms. The van der Waals surface area contributed by atoms with E-state index in [1.165, 1.54) is 25.1 Å². The zero-order chi connectivity index (χ0) is 35.6. The number of carbonyl (C=O) groups is 5. The Morgan fingerprint density at radius 3 is 2.25 bits per heavy atom. The molecular weight excluding hydrogens is 642 g/mol. The maximum atomic E-state index is 13.6. The van der Waals surface area contributed by atoms with E-state index in [4.69, 9.17) is 34.8 Å². The van der Waals surface area contributed by atoms with Crippen molar-refractivity contribution in [2.45, 2.75) is 63.5 Å². The number of amides is 1. The average Bonchev–Trinajstić information content (AvgIpc) is 3.04. The molecule has 0 saturated carbocycles. The number of nitrogens with one attached hydrogen (secondary N) is 1. The third kappa shape index (κ3) is 13.5. The molecule has 1 aromatic rings. The van der Waals surface area contributed by atoms with Crippen LogP contribution in [0.5, 0.6) is 5.75 Å². The highest BCUT2D eigenvalue weighted by atomic mass is 16.7. The van der Waals surface area contributed by atoms with Crippen LogP contribution in [0.15, 0.2) is 18.2 Å². The number of hydrogen-bond donors (Lipinski definition) is 6. The Bertz CT molecular complexity index is 1280. The highest BCUT2D eigenvalue weighted by Crippen LogP contribution is 2.30. The van der Waals surface area contributed by atoms with E-state index in [0.717, 1.165) is 0 Å². The number of terminal acetylenes is 1. The lowest BCUT2D eigenvalue weighted by Gasteiger charge is -2.38. The predicted octanol–water partition coefficient (Wildman–Crippen LogP) is -1.13. The molecule has 0 unspecified atom stereocenters. The zero-order valence-corrected chi connectivity index (χ0v) is 26.3. The SMILES string of the molecule is C#CCOCCOCCOCCNC(=O)[C@@H](CCC(=O)O)CC(=O)c1cc(COC(C)=O)ccc1O[C@@H]1O[C@H](C(=O)O)[C@@H](O)[C@H](O)[C@H]1O. The summed E-state index contributed by atoms with van der Waals surface area (Å²) in [6.45, 7) is 2.39. The van der Waals surface area contributed by atoms with Crippen LogP contribution in [0.25, 0.3) is 0 Å². The van der Waals surface area contributed by atoms with Gasteiger partial charge in [0, 0.05) is 32.2 Å². The van der Waals surface area contributed by atoms with Gasteiger partial charge in [0.05, 0.1) is 38.6 Å². The van der Waals surface area contributed by atoms with Crippen LogP contribution in [0.2, 0.25) is 0 Å². The van der Waals surface area contributed by atoms with E-state index in [0.29, 0.717) is 18.8 Å². The monoisotopic (exact) mass is 683 g/mol. The van der Waals surface area contributed by atoms with E-state index in [1.54, 1.807) is 0 Å². The summed E-state index contributed by atoms with van der Waals surface area (Å²) < 4.78 is 31.5. The van der Waals surface area contributed by atoms with Crippen LogP contribution in [-0.2, 0) is 49.5 Å². The molecule has 1 heterocycles.